The van der Waals surface area contributed by atoms with Crippen molar-refractivity contribution < 1.29 is 9.53 Å². The first-order chi connectivity index (χ1) is 13.5. The second kappa shape index (κ2) is 5.86. The molecular weight excluding hydrogens is 348 g/mol. The highest BCUT2D eigenvalue weighted by atomic mass is 16.5. The van der Waals surface area contributed by atoms with Gasteiger partial charge in [-0.1, -0.05) is 36.4 Å². The maximum atomic E-state index is 12.9. The molecule has 2 aromatic carbocycles. The number of hydrogen-bond acceptors (Lipinski definition) is 2. The molecule has 1 aliphatic heterocycles. The molecule has 1 aliphatic rings. The molecule has 0 saturated heterocycles. The predicted molar refractivity (Wildman–Crippen MR) is 112 cm³/mol. The van der Waals surface area contributed by atoms with Crippen LogP contribution in [0.2, 0.25) is 0 Å². The lowest BCUT2D eigenvalue weighted by atomic mass is 9.95. The number of aryl methyl sites for hydroxylation is 2. The summed E-state index contributed by atoms with van der Waals surface area (Å²) in [5, 5.41) is 2.22. The zero-order chi connectivity index (χ0) is 19.6. The van der Waals surface area contributed by atoms with Crippen LogP contribution < -0.4 is 0 Å². The van der Waals surface area contributed by atoms with E-state index in [1.165, 1.54) is 0 Å². The van der Waals surface area contributed by atoms with Crippen LogP contribution >= 0.6 is 0 Å². The van der Waals surface area contributed by atoms with Gasteiger partial charge in [0, 0.05) is 52.9 Å². The summed E-state index contributed by atoms with van der Waals surface area (Å²) in [6.07, 6.45) is 1.99. The Bertz CT molecular complexity index is 1300. The van der Waals surface area contributed by atoms with Crippen molar-refractivity contribution in [2.24, 2.45) is 14.1 Å². The average molecular weight is 370 g/mol. The maximum Gasteiger partial charge on any atom is 0.322 e. The fraction of sp³-hybridized carbons (Fsp3) is 0.208. The van der Waals surface area contributed by atoms with Crippen LogP contribution in [0.3, 0.4) is 0 Å². The van der Waals surface area contributed by atoms with E-state index >= 15 is 0 Å². The van der Waals surface area contributed by atoms with E-state index in [9.17, 15) is 4.79 Å². The number of esters is 1. The Labute approximate surface area is 163 Å². The van der Waals surface area contributed by atoms with Crippen molar-refractivity contribution in [1.82, 2.24) is 9.13 Å². The maximum absolute atomic E-state index is 12.9. The van der Waals surface area contributed by atoms with E-state index in [-0.39, 0.29) is 11.9 Å². The number of carbonyl (C=O) groups excluding carboxylic acids is 1. The first-order valence-corrected chi connectivity index (χ1v) is 9.51. The molecule has 4 aromatic rings. The zero-order valence-electron chi connectivity index (χ0n) is 16.5. The standard InChI is InChI=1S/C24H22N2O2/c1-14-22(16-9-5-7-11-19(16)25(14)3)18-13-21(28-24(18)27)23-15(2)26(4)20-12-8-6-10-17(20)23/h5-13,18H,1-4H3. The van der Waals surface area contributed by atoms with Gasteiger partial charge in [-0.25, -0.2) is 0 Å². The summed E-state index contributed by atoms with van der Waals surface area (Å²) in [5.41, 5.74) is 6.50. The molecule has 0 amide bonds. The van der Waals surface area contributed by atoms with Gasteiger partial charge in [0.15, 0.2) is 0 Å². The van der Waals surface area contributed by atoms with E-state index in [0.717, 1.165) is 44.3 Å². The third kappa shape index (κ3) is 2.15. The van der Waals surface area contributed by atoms with Gasteiger partial charge < -0.3 is 13.9 Å². The molecular formula is C24H22N2O2. The molecule has 0 bridgehead atoms. The van der Waals surface area contributed by atoms with Crippen LogP contribution in [0.25, 0.3) is 27.6 Å². The van der Waals surface area contributed by atoms with Crippen molar-refractivity contribution in [1.29, 1.82) is 0 Å². The number of nitrogens with zero attached hydrogens (tertiary/aromatic N) is 2. The Morgan fingerprint density at radius 3 is 2.11 bits per heavy atom. The number of cyclic esters (lactones) is 1. The number of hydrogen-bond donors (Lipinski definition) is 0. The Kier molecular flexibility index (Phi) is 3.53. The van der Waals surface area contributed by atoms with Crippen LogP contribution in [0.4, 0.5) is 0 Å². The van der Waals surface area contributed by atoms with E-state index in [0.29, 0.717) is 5.76 Å². The molecule has 140 valence electrons. The lowest BCUT2D eigenvalue weighted by molar-refractivity contribution is -0.135. The summed E-state index contributed by atoms with van der Waals surface area (Å²) in [5.74, 6) is 0.0675. The molecule has 4 heteroatoms. The van der Waals surface area contributed by atoms with Gasteiger partial charge in [0.25, 0.3) is 0 Å². The molecule has 28 heavy (non-hydrogen) atoms. The van der Waals surface area contributed by atoms with Gasteiger partial charge in [-0.2, -0.15) is 0 Å². The first kappa shape index (κ1) is 16.9. The van der Waals surface area contributed by atoms with Crippen molar-refractivity contribution in [3.63, 3.8) is 0 Å². The summed E-state index contributed by atoms with van der Waals surface area (Å²) in [6.45, 7) is 4.14. The number of para-hydroxylation sites is 2. The van der Waals surface area contributed by atoms with Crippen LogP contribution in [-0.2, 0) is 23.6 Å². The van der Waals surface area contributed by atoms with Gasteiger partial charge in [0.05, 0.1) is 0 Å². The lowest BCUT2D eigenvalue weighted by Crippen LogP contribution is -2.08. The van der Waals surface area contributed by atoms with Gasteiger partial charge in [-0.15, -0.1) is 0 Å². The summed E-state index contributed by atoms with van der Waals surface area (Å²) < 4.78 is 10.1. The molecule has 0 saturated carbocycles. The highest BCUT2D eigenvalue weighted by Crippen LogP contribution is 2.41. The number of benzene rings is 2. The molecule has 0 spiro atoms. The SMILES string of the molecule is Cc1c(C2=CC(c3c(C)n(C)c4ccccc34)C(=O)O2)c2ccccc2n1C. The molecule has 5 rings (SSSR count). The van der Waals surface area contributed by atoms with E-state index < -0.39 is 0 Å². The Morgan fingerprint density at radius 2 is 1.39 bits per heavy atom. The van der Waals surface area contributed by atoms with E-state index in [1.54, 1.807) is 0 Å². The number of carbonyl (C=O) groups is 1. The van der Waals surface area contributed by atoms with Crippen LogP contribution in [0, 0.1) is 13.8 Å². The number of fused-ring (bicyclic) bond motifs is 2. The van der Waals surface area contributed by atoms with E-state index in [2.05, 4.69) is 47.2 Å². The van der Waals surface area contributed by atoms with Crippen LogP contribution in [0.15, 0.2) is 54.6 Å². The molecule has 0 aliphatic carbocycles. The largest absolute Gasteiger partial charge is 0.425 e. The lowest BCUT2D eigenvalue weighted by Gasteiger charge is -2.06. The Balaban J connectivity index is 1.72. The summed E-state index contributed by atoms with van der Waals surface area (Å²) in [6, 6.07) is 16.5. The van der Waals surface area contributed by atoms with Crippen LogP contribution in [-0.4, -0.2) is 15.1 Å². The molecule has 4 nitrogen and oxygen atoms in total. The number of aromatic nitrogens is 2. The summed E-state index contributed by atoms with van der Waals surface area (Å²) in [7, 11) is 4.09. The molecule has 0 radical (unpaired) electrons. The van der Waals surface area contributed by atoms with Crippen molar-refractivity contribution >= 4 is 33.5 Å². The normalized spacial score (nSPS) is 16.8. The zero-order valence-corrected chi connectivity index (χ0v) is 16.5. The highest BCUT2D eigenvalue weighted by Gasteiger charge is 2.34. The van der Waals surface area contributed by atoms with Gasteiger partial charge >= 0.3 is 5.97 Å². The van der Waals surface area contributed by atoms with Gasteiger partial charge in [0.1, 0.15) is 11.7 Å². The minimum Gasteiger partial charge on any atom is -0.425 e. The summed E-state index contributed by atoms with van der Waals surface area (Å²) >= 11 is 0. The smallest absolute Gasteiger partial charge is 0.322 e. The van der Waals surface area contributed by atoms with Crippen molar-refractivity contribution in [3.05, 3.63) is 77.1 Å². The quantitative estimate of drug-likeness (QED) is 0.467. The topological polar surface area (TPSA) is 36.2 Å². The molecule has 2 aromatic heterocycles. The number of ether oxygens (including phenoxy) is 1. The fourth-order valence-electron chi connectivity index (χ4n) is 4.54. The number of rotatable bonds is 2. The minimum atomic E-state index is -0.389. The molecule has 0 N–H and O–H groups in total. The third-order valence-corrected chi connectivity index (χ3v) is 6.19. The first-order valence-electron chi connectivity index (χ1n) is 9.51. The van der Waals surface area contributed by atoms with Gasteiger partial charge in [0.2, 0.25) is 0 Å². The Morgan fingerprint density at radius 1 is 0.821 bits per heavy atom. The monoisotopic (exact) mass is 370 g/mol. The van der Waals surface area contributed by atoms with E-state index in [4.69, 9.17) is 4.74 Å². The fourth-order valence-corrected chi connectivity index (χ4v) is 4.54. The average Bonchev–Trinajstić information content (AvgIpc) is 3.28. The minimum absolute atomic E-state index is 0.207. The van der Waals surface area contributed by atoms with Gasteiger partial charge in [-0.05, 0) is 37.6 Å². The predicted octanol–water partition coefficient (Wildman–Crippen LogP) is 4.97. The molecule has 1 atom stereocenters. The van der Waals surface area contributed by atoms with Crippen LogP contribution in [0.1, 0.15) is 28.4 Å². The molecule has 3 heterocycles. The van der Waals surface area contributed by atoms with Crippen LogP contribution in [0.5, 0.6) is 0 Å². The van der Waals surface area contributed by atoms with E-state index in [1.807, 2.05) is 44.4 Å². The van der Waals surface area contributed by atoms with Gasteiger partial charge in [-0.3, -0.25) is 4.79 Å². The molecule has 1 unspecified atom stereocenters. The third-order valence-electron chi connectivity index (χ3n) is 6.19. The Hall–Kier alpha value is -3.27. The van der Waals surface area contributed by atoms with Crippen molar-refractivity contribution in [2.45, 2.75) is 19.8 Å². The second-order valence-corrected chi connectivity index (χ2v) is 7.54. The van der Waals surface area contributed by atoms with Crippen molar-refractivity contribution in [3.8, 4) is 0 Å². The highest BCUT2D eigenvalue weighted by molar-refractivity contribution is 6.02. The molecule has 0 fully saturated rings. The summed E-state index contributed by atoms with van der Waals surface area (Å²) in [4.78, 5) is 12.9. The second-order valence-electron chi connectivity index (χ2n) is 7.54. The van der Waals surface area contributed by atoms with Crippen molar-refractivity contribution in [2.75, 3.05) is 0 Å².